The third-order valence-corrected chi connectivity index (χ3v) is 3.93. The molecule has 5 heteroatoms. The number of pyridine rings is 1. The third kappa shape index (κ3) is 5.06. The second kappa shape index (κ2) is 8.31. The highest BCUT2D eigenvalue weighted by molar-refractivity contribution is 6.30. The quantitative estimate of drug-likeness (QED) is 0.689. The van der Waals surface area contributed by atoms with Crippen LogP contribution in [-0.2, 0) is 6.42 Å². The van der Waals surface area contributed by atoms with Crippen LogP contribution in [0.5, 0.6) is 0 Å². The van der Waals surface area contributed by atoms with Crippen LogP contribution in [-0.4, -0.2) is 17.4 Å². The van der Waals surface area contributed by atoms with Crippen LogP contribution in [0.15, 0.2) is 72.9 Å². The average Bonchev–Trinajstić information content (AvgIpc) is 2.64. The molecule has 1 aromatic heterocycles. The van der Waals surface area contributed by atoms with E-state index in [-0.39, 0.29) is 5.91 Å². The monoisotopic (exact) mass is 351 g/mol. The number of para-hydroxylation sites is 1. The lowest BCUT2D eigenvalue weighted by Gasteiger charge is -2.08. The Hall–Kier alpha value is -2.85. The second-order valence-electron chi connectivity index (χ2n) is 5.55. The topological polar surface area (TPSA) is 54.0 Å². The molecule has 0 saturated heterocycles. The molecule has 0 saturated carbocycles. The van der Waals surface area contributed by atoms with Crippen molar-refractivity contribution in [1.29, 1.82) is 0 Å². The Balaban J connectivity index is 1.56. The number of carbonyl (C=O) groups is 1. The molecule has 0 fully saturated rings. The Labute approximate surface area is 151 Å². The van der Waals surface area contributed by atoms with Gasteiger partial charge in [0.2, 0.25) is 0 Å². The molecule has 0 aliphatic carbocycles. The zero-order valence-electron chi connectivity index (χ0n) is 13.6. The number of halogens is 1. The summed E-state index contributed by atoms with van der Waals surface area (Å²) in [5.74, 6) is 0.518. The molecule has 1 amide bonds. The van der Waals surface area contributed by atoms with Crippen molar-refractivity contribution >= 4 is 29.0 Å². The third-order valence-electron chi connectivity index (χ3n) is 3.68. The maximum Gasteiger partial charge on any atom is 0.251 e. The Morgan fingerprint density at radius 3 is 2.52 bits per heavy atom. The number of nitrogens with zero attached hydrogens (tertiary/aromatic N) is 1. The summed E-state index contributed by atoms with van der Waals surface area (Å²) in [5, 5.41) is 6.82. The van der Waals surface area contributed by atoms with E-state index in [1.54, 1.807) is 18.3 Å². The predicted octanol–water partition coefficient (Wildman–Crippen LogP) is 4.45. The minimum absolute atomic E-state index is 0.118. The fourth-order valence-corrected chi connectivity index (χ4v) is 2.51. The maximum absolute atomic E-state index is 12.3. The molecule has 0 radical (unpaired) electrons. The summed E-state index contributed by atoms with van der Waals surface area (Å²) in [6.07, 6.45) is 2.38. The predicted molar refractivity (Wildman–Crippen MR) is 101 cm³/mol. The lowest BCUT2D eigenvalue weighted by molar-refractivity contribution is 0.0954. The van der Waals surface area contributed by atoms with Crippen molar-refractivity contribution in [3.8, 4) is 0 Å². The highest BCUT2D eigenvalue weighted by atomic mass is 35.5. The number of nitrogens with one attached hydrogen (secondary N) is 2. The Kier molecular flexibility index (Phi) is 5.65. The number of hydrogen-bond acceptors (Lipinski definition) is 3. The van der Waals surface area contributed by atoms with Gasteiger partial charge in [0, 0.05) is 29.0 Å². The van der Waals surface area contributed by atoms with E-state index in [4.69, 9.17) is 11.6 Å². The Morgan fingerprint density at radius 2 is 1.76 bits per heavy atom. The van der Waals surface area contributed by atoms with Crippen LogP contribution in [0.4, 0.5) is 11.5 Å². The number of aromatic nitrogens is 1. The summed E-state index contributed by atoms with van der Waals surface area (Å²) >= 11 is 5.87. The van der Waals surface area contributed by atoms with Gasteiger partial charge in [-0.05, 0) is 48.4 Å². The van der Waals surface area contributed by atoms with E-state index in [9.17, 15) is 4.79 Å². The first kappa shape index (κ1) is 17.0. The summed E-state index contributed by atoms with van der Waals surface area (Å²) < 4.78 is 0. The minimum atomic E-state index is -0.118. The molecule has 25 heavy (non-hydrogen) atoms. The van der Waals surface area contributed by atoms with Gasteiger partial charge in [0.1, 0.15) is 5.82 Å². The van der Waals surface area contributed by atoms with E-state index >= 15 is 0 Å². The van der Waals surface area contributed by atoms with Crippen molar-refractivity contribution in [2.24, 2.45) is 0 Å². The van der Waals surface area contributed by atoms with E-state index in [0.717, 1.165) is 17.7 Å². The first-order valence-electron chi connectivity index (χ1n) is 8.01. The summed E-state index contributed by atoms with van der Waals surface area (Å²) in [7, 11) is 0. The van der Waals surface area contributed by atoms with E-state index in [1.165, 1.54) is 0 Å². The molecule has 0 aliphatic rings. The molecule has 0 spiro atoms. The smallest absolute Gasteiger partial charge is 0.251 e. The summed E-state index contributed by atoms with van der Waals surface area (Å²) in [6, 6.07) is 20.8. The molecule has 4 nitrogen and oxygen atoms in total. The lowest BCUT2D eigenvalue weighted by atomic mass is 10.1. The fraction of sp³-hybridized carbons (Fsp3) is 0.100. The zero-order valence-corrected chi connectivity index (χ0v) is 14.3. The van der Waals surface area contributed by atoms with Crippen molar-refractivity contribution in [3.05, 3.63) is 89.1 Å². The second-order valence-corrected chi connectivity index (χ2v) is 5.99. The van der Waals surface area contributed by atoms with Crippen LogP contribution in [0.1, 0.15) is 15.9 Å². The molecule has 2 aromatic carbocycles. The number of carbonyl (C=O) groups excluding carboxylic acids is 1. The average molecular weight is 352 g/mol. The van der Waals surface area contributed by atoms with Gasteiger partial charge < -0.3 is 10.6 Å². The number of hydrogen-bond donors (Lipinski definition) is 2. The molecule has 3 aromatic rings. The highest BCUT2D eigenvalue weighted by Crippen LogP contribution is 2.15. The van der Waals surface area contributed by atoms with E-state index in [2.05, 4.69) is 15.6 Å². The molecule has 0 aliphatic heterocycles. The molecule has 1 heterocycles. The van der Waals surface area contributed by atoms with Crippen LogP contribution >= 0.6 is 11.6 Å². The molecule has 0 atom stereocenters. The van der Waals surface area contributed by atoms with E-state index in [0.29, 0.717) is 22.9 Å². The van der Waals surface area contributed by atoms with Crippen molar-refractivity contribution in [2.75, 3.05) is 11.9 Å². The van der Waals surface area contributed by atoms with Crippen LogP contribution in [0, 0.1) is 0 Å². The van der Waals surface area contributed by atoms with Crippen molar-refractivity contribution < 1.29 is 4.79 Å². The minimum Gasteiger partial charge on any atom is -0.352 e. The van der Waals surface area contributed by atoms with Gasteiger partial charge >= 0.3 is 0 Å². The van der Waals surface area contributed by atoms with Gasteiger partial charge in [-0.25, -0.2) is 4.98 Å². The van der Waals surface area contributed by atoms with Gasteiger partial charge in [-0.2, -0.15) is 0 Å². The highest BCUT2D eigenvalue weighted by Gasteiger charge is 2.07. The zero-order chi connectivity index (χ0) is 17.5. The van der Waals surface area contributed by atoms with Gasteiger partial charge in [-0.15, -0.1) is 0 Å². The SMILES string of the molecule is O=C(NCCc1ccc(Cl)cc1)c1ccnc(Nc2ccccc2)c1. The fourth-order valence-electron chi connectivity index (χ4n) is 2.38. The normalized spacial score (nSPS) is 10.3. The molecule has 0 unspecified atom stereocenters. The van der Waals surface area contributed by atoms with Crippen LogP contribution in [0.25, 0.3) is 0 Å². The van der Waals surface area contributed by atoms with Crippen LogP contribution < -0.4 is 10.6 Å². The lowest BCUT2D eigenvalue weighted by Crippen LogP contribution is -2.25. The molecular weight excluding hydrogens is 334 g/mol. The number of amides is 1. The standard InChI is InChI=1S/C20H18ClN3O/c21-17-8-6-15(7-9-17)10-12-23-20(25)16-11-13-22-19(14-16)24-18-4-2-1-3-5-18/h1-9,11,13-14H,10,12H2,(H,22,24)(H,23,25). The van der Waals surface area contributed by atoms with Gasteiger partial charge in [-0.3, -0.25) is 4.79 Å². The van der Waals surface area contributed by atoms with E-state index < -0.39 is 0 Å². The van der Waals surface area contributed by atoms with E-state index in [1.807, 2.05) is 54.6 Å². The van der Waals surface area contributed by atoms with Gasteiger partial charge in [0.15, 0.2) is 0 Å². The maximum atomic E-state index is 12.3. The molecule has 126 valence electrons. The van der Waals surface area contributed by atoms with Crippen molar-refractivity contribution in [1.82, 2.24) is 10.3 Å². The summed E-state index contributed by atoms with van der Waals surface area (Å²) in [6.45, 7) is 0.560. The molecule has 3 rings (SSSR count). The number of benzene rings is 2. The van der Waals surface area contributed by atoms with Crippen molar-refractivity contribution in [3.63, 3.8) is 0 Å². The largest absolute Gasteiger partial charge is 0.352 e. The molecular formula is C20H18ClN3O. The van der Waals surface area contributed by atoms with Gasteiger partial charge in [0.25, 0.3) is 5.91 Å². The number of anilines is 2. The molecule has 2 N–H and O–H groups in total. The Bertz CT molecular complexity index is 835. The first-order valence-corrected chi connectivity index (χ1v) is 8.39. The Morgan fingerprint density at radius 1 is 1.00 bits per heavy atom. The van der Waals surface area contributed by atoms with Gasteiger partial charge in [-0.1, -0.05) is 41.9 Å². The number of rotatable bonds is 6. The van der Waals surface area contributed by atoms with Crippen LogP contribution in [0.3, 0.4) is 0 Å². The molecule has 0 bridgehead atoms. The van der Waals surface area contributed by atoms with Crippen LogP contribution in [0.2, 0.25) is 5.02 Å². The van der Waals surface area contributed by atoms with Gasteiger partial charge in [0.05, 0.1) is 0 Å². The van der Waals surface area contributed by atoms with Crippen molar-refractivity contribution in [2.45, 2.75) is 6.42 Å². The first-order chi connectivity index (χ1) is 12.2. The summed E-state index contributed by atoms with van der Waals surface area (Å²) in [4.78, 5) is 16.6. The summed E-state index contributed by atoms with van der Waals surface area (Å²) in [5.41, 5.74) is 2.63.